The maximum atomic E-state index is 13.5. The number of halogens is 2. The van der Waals surface area contributed by atoms with Crippen LogP contribution in [0.2, 0.25) is 0 Å². The average Bonchev–Trinajstić information content (AvgIpc) is 2.41. The summed E-state index contributed by atoms with van der Waals surface area (Å²) >= 11 is 0. The molecule has 1 aromatic carbocycles. The monoisotopic (exact) mass is 284 g/mol. The lowest BCUT2D eigenvalue weighted by Crippen LogP contribution is -2.49. The highest BCUT2D eigenvalue weighted by atomic mass is 19.1. The first-order chi connectivity index (χ1) is 9.56. The maximum Gasteiger partial charge on any atom is 0.130 e. The number of hydrogen-bond acceptors (Lipinski definition) is 3. The van der Waals surface area contributed by atoms with Crippen LogP contribution >= 0.6 is 0 Å². The highest BCUT2D eigenvalue weighted by Crippen LogP contribution is 2.10. The van der Waals surface area contributed by atoms with Crippen LogP contribution in [-0.2, 0) is 11.3 Å². The minimum absolute atomic E-state index is 0.120. The van der Waals surface area contributed by atoms with Crippen molar-refractivity contribution in [1.29, 1.82) is 0 Å². The molecule has 1 atom stereocenters. The third-order valence-corrected chi connectivity index (χ3v) is 3.60. The van der Waals surface area contributed by atoms with E-state index in [1.54, 1.807) is 0 Å². The molecule has 1 aliphatic rings. The van der Waals surface area contributed by atoms with E-state index in [1.807, 2.05) is 0 Å². The molecule has 1 aromatic rings. The lowest BCUT2D eigenvalue weighted by Gasteiger charge is -2.35. The molecule has 0 saturated carbocycles. The van der Waals surface area contributed by atoms with E-state index in [9.17, 15) is 8.78 Å². The summed E-state index contributed by atoms with van der Waals surface area (Å²) in [6, 6.07) is 4.17. The molecule has 1 aliphatic heterocycles. The van der Waals surface area contributed by atoms with Gasteiger partial charge in [-0.2, -0.15) is 0 Å². The van der Waals surface area contributed by atoms with Crippen LogP contribution in [0.1, 0.15) is 19.4 Å². The lowest BCUT2D eigenvalue weighted by molar-refractivity contribution is -0.0372. The minimum Gasteiger partial charge on any atom is -0.374 e. The zero-order valence-electron chi connectivity index (χ0n) is 12.0. The molecule has 1 heterocycles. The number of ether oxygens (including phenoxy) is 1. The van der Waals surface area contributed by atoms with E-state index >= 15 is 0 Å². The van der Waals surface area contributed by atoms with Crippen LogP contribution in [0.4, 0.5) is 8.78 Å². The molecule has 20 heavy (non-hydrogen) atoms. The maximum absolute atomic E-state index is 13.5. The van der Waals surface area contributed by atoms with Crippen molar-refractivity contribution in [2.75, 3.05) is 26.2 Å². The Labute approximate surface area is 118 Å². The van der Waals surface area contributed by atoms with E-state index in [1.165, 1.54) is 12.1 Å². The first kappa shape index (κ1) is 15.4. The van der Waals surface area contributed by atoms with Gasteiger partial charge in [0, 0.05) is 43.9 Å². The predicted molar refractivity (Wildman–Crippen MR) is 74.5 cm³/mol. The van der Waals surface area contributed by atoms with Gasteiger partial charge in [-0.05, 0) is 19.9 Å². The second-order valence-corrected chi connectivity index (χ2v) is 5.45. The number of rotatable bonds is 5. The van der Waals surface area contributed by atoms with Crippen molar-refractivity contribution in [3.05, 3.63) is 35.4 Å². The Morgan fingerprint density at radius 2 is 2.20 bits per heavy atom. The number of morpholine rings is 1. The molecule has 0 spiro atoms. The standard InChI is InChI=1S/C15H22F2N2O/c1-11(2)19-5-6-20-14(10-19)9-18-8-12-3-4-13(16)7-15(12)17/h3-4,7,11,14,18H,5-6,8-10H2,1-2H3. The topological polar surface area (TPSA) is 24.5 Å². The van der Waals surface area contributed by atoms with Crippen molar-refractivity contribution in [1.82, 2.24) is 10.2 Å². The Morgan fingerprint density at radius 3 is 2.90 bits per heavy atom. The molecule has 1 saturated heterocycles. The number of benzene rings is 1. The summed E-state index contributed by atoms with van der Waals surface area (Å²) in [5, 5.41) is 3.18. The highest BCUT2D eigenvalue weighted by molar-refractivity contribution is 5.18. The molecule has 1 N–H and O–H groups in total. The van der Waals surface area contributed by atoms with Gasteiger partial charge in [0.2, 0.25) is 0 Å². The van der Waals surface area contributed by atoms with Crippen LogP contribution in [-0.4, -0.2) is 43.3 Å². The molecule has 3 nitrogen and oxygen atoms in total. The van der Waals surface area contributed by atoms with Crippen molar-refractivity contribution >= 4 is 0 Å². The Kier molecular flexibility index (Phi) is 5.46. The molecule has 0 radical (unpaired) electrons. The van der Waals surface area contributed by atoms with Crippen LogP contribution in [0.15, 0.2) is 18.2 Å². The van der Waals surface area contributed by atoms with Gasteiger partial charge in [0.05, 0.1) is 12.7 Å². The van der Waals surface area contributed by atoms with E-state index in [0.717, 1.165) is 25.8 Å². The van der Waals surface area contributed by atoms with Gasteiger partial charge in [-0.1, -0.05) is 6.07 Å². The first-order valence-electron chi connectivity index (χ1n) is 7.06. The van der Waals surface area contributed by atoms with Gasteiger partial charge in [-0.25, -0.2) is 8.78 Å². The van der Waals surface area contributed by atoms with Crippen LogP contribution < -0.4 is 5.32 Å². The highest BCUT2D eigenvalue weighted by Gasteiger charge is 2.21. The molecular weight excluding hydrogens is 262 g/mol. The molecule has 0 aromatic heterocycles. The molecule has 1 fully saturated rings. The molecular formula is C15H22F2N2O. The SMILES string of the molecule is CC(C)N1CCOC(CNCc2ccc(F)cc2F)C1. The summed E-state index contributed by atoms with van der Waals surface area (Å²) in [4.78, 5) is 2.37. The lowest BCUT2D eigenvalue weighted by atomic mass is 10.2. The minimum atomic E-state index is -0.547. The third-order valence-electron chi connectivity index (χ3n) is 3.60. The zero-order chi connectivity index (χ0) is 14.5. The number of nitrogens with zero attached hydrogens (tertiary/aromatic N) is 1. The molecule has 1 unspecified atom stereocenters. The van der Waals surface area contributed by atoms with Gasteiger partial charge in [0.15, 0.2) is 0 Å². The summed E-state index contributed by atoms with van der Waals surface area (Å²) in [5.74, 6) is -1.06. The summed E-state index contributed by atoms with van der Waals surface area (Å²) in [5.41, 5.74) is 0.475. The normalized spacial score (nSPS) is 20.6. The van der Waals surface area contributed by atoms with Crippen LogP contribution in [0.3, 0.4) is 0 Å². The quantitative estimate of drug-likeness (QED) is 0.897. The fourth-order valence-electron chi connectivity index (χ4n) is 2.37. The van der Waals surface area contributed by atoms with Crippen LogP contribution in [0.25, 0.3) is 0 Å². The summed E-state index contributed by atoms with van der Waals surface area (Å²) in [7, 11) is 0. The van der Waals surface area contributed by atoms with Gasteiger partial charge in [-0.3, -0.25) is 4.90 Å². The molecule has 112 valence electrons. The summed E-state index contributed by atoms with van der Waals surface area (Å²) in [6.45, 7) is 7.97. The summed E-state index contributed by atoms with van der Waals surface area (Å²) in [6.07, 6.45) is 0.120. The smallest absolute Gasteiger partial charge is 0.130 e. The fourth-order valence-corrected chi connectivity index (χ4v) is 2.37. The largest absolute Gasteiger partial charge is 0.374 e. The Morgan fingerprint density at radius 1 is 1.40 bits per heavy atom. The van der Waals surface area contributed by atoms with E-state index in [0.29, 0.717) is 24.7 Å². The van der Waals surface area contributed by atoms with Crippen molar-refractivity contribution < 1.29 is 13.5 Å². The second-order valence-electron chi connectivity index (χ2n) is 5.45. The number of nitrogens with one attached hydrogen (secondary N) is 1. The molecule has 0 bridgehead atoms. The predicted octanol–water partition coefficient (Wildman–Crippen LogP) is 2.16. The zero-order valence-corrected chi connectivity index (χ0v) is 12.0. The fraction of sp³-hybridized carbons (Fsp3) is 0.600. The van der Waals surface area contributed by atoms with E-state index in [-0.39, 0.29) is 6.10 Å². The van der Waals surface area contributed by atoms with E-state index in [4.69, 9.17) is 4.74 Å². The van der Waals surface area contributed by atoms with Gasteiger partial charge < -0.3 is 10.1 Å². The van der Waals surface area contributed by atoms with Gasteiger partial charge in [0.1, 0.15) is 11.6 Å². The second kappa shape index (κ2) is 7.11. The van der Waals surface area contributed by atoms with Crippen LogP contribution in [0, 0.1) is 11.6 Å². The van der Waals surface area contributed by atoms with Crippen molar-refractivity contribution in [3.63, 3.8) is 0 Å². The number of hydrogen-bond donors (Lipinski definition) is 1. The Balaban J connectivity index is 1.78. The van der Waals surface area contributed by atoms with Gasteiger partial charge in [0.25, 0.3) is 0 Å². The molecule has 5 heteroatoms. The first-order valence-corrected chi connectivity index (χ1v) is 7.06. The van der Waals surface area contributed by atoms with Gasteiger partial charge in [-0.15, -0.1) is 0 Å². The average molecular weight is 284 g/mol. The van der Waals surface area contributed by atoms with Crippen LogP contribution in [0.5, 0.6) is 0 Å². The molecule has 0 aliphatic carbocycles. The van der Waals surface area contributed by atoms with E-state index in [2.05, 4.69) is 24.1 Å². The van der Waals surface area contributed by atoms with E-state index < -0.39 is 11.6 Å². The van der Waals surface area contributed by atoms with Crippen molar-refractivity contribution in [2.24, 2.45) is 0 Å². The third kappa shape index (κ3) is 4.23. The summed E-state index contributed by atoms with van der Waals surface area (Å²) < 4.78 is 31.9. The van der Waals surface area contributed by atoms with Gasteiger partial charge >= 0.3 is 0 Å². The van der Waals surface area contributed by atoms with Crippen molar-refractivity contribution in [2.45, 2.75) is 32.5 Å². The Bertz CT molecular complexity index is 440. The molecule has 0 amide bonds. The molecule has 2 rings (SSSR count). The van der Waals surface area contributed by atoms with Crippen molar-refractivity contribution in [3.8, 4) is 0 Å². The Hall–Kier alpha value is -1.04.